The maximum absolute atomic E-state index is 12.8. The normalized spacial score (nSPS) is 17.5. The number of nitrogens with zero attached hydrogens (tertiary/aromatic N) is 4. The first-order chi connectivity index (χ1) is 16.9. The van der Waals surface area contributed by atoms with E-state index in [1.54, 1.807) is 12.4 Å². The molecule has 35 heavy (non-hydrogen) atoms. The Balaban J connectivity index is 1.18. The molecule has 3 heterocycles. The first-order valence-electron chi connectivity index (χ1n) is 11.6. The van der Waals surface area contributed by atoms with Crippen LogP contribution in [-0.4, -0.2) is 49.2 Å². The van der Waals surface area contributed by atoms with E-state index in [1.165, 1.54) is 4.90 Å². The van der Waals surface area contributed by atoms with E-state index >= 15 is 0 Å². The molecular weight excluding hydrogens is 446 g/mol. The van der Waals surface area contributed by atoms with E-state index in [-0.39, 0.29) is 24.0 Å². The fraction of sp³-hybridized carbons (Fsp3) is 0.308. The molecule has 1 atom stereocenters. The Bertz CT molecular complexity index is 1330. The number of aromatic nitrogens is 3. The van der Waals surface area contributed by atoms with E-state index in [0.717, 1.165) is 28.1 Å². The minimum atomic E-state index is -0.627. The van der Waals surface area contributed by atoms with E-state index < -0.39 is 11.9 Å². The lowest BCUT2D eigenvalue weighted by Crippen LogP contribution is -2.52. The van der Waals surface area contributed by atoms with Crippen molar-refractivity contribution in [1.82, 2.24) is 25.0 Å². The summed E-state index contributed by atoms with van der Waals surface area (Å²) in [6.07, 6.45) is 3.54. The van der Waals surface area contributed by atoms with Crippen molar-refractivity contribution >= 4 is 23.5 Å². The van der Waals surface area contributed by atoms with Crippen LogP contribution in [0.5, 0.6) is 0 Å². The standard InChI is InChI=1S/C26H25N5O4/c1-30-15-27-29-24(30)18-6-2-17(3-7-18)13-20(32)8-4-16-5-9-21-19(12-16)14-31(26(21)35)22-10-11-23(33)28-25(22)34/h2-3,5-7,9,12,15,22H,4,8,10-11,13-14H2,1H3,(H,28,33,34). The number of hydrogen-bond donors (Lipinski definition) is 1. The minimum absolute atomic E-state index is 0.137. The number of piperidine rings is 1. The van der Waals surface area contributed by atoms with Crippen molar-refractivity contribution in [3.05, 3.63) is 71.0 Å². The van der Waals surface area contributed by atoms with Crippen LogP contribution in [0, 0.1) is 0 Å². The SMILES string of the molecule is Cn1cnnc1-c1ccc(CC(=O)CCc2ccc3c(c2)CN(C2CCC(=O)NC2=O)C3=O)cc1. The first kappa shape index (κ1) is 22.6. The second-order valence-electron chi connectivity index (χ2n) is 9.07. The molecule has 0 radical (unpaired) electrons. The predicted molar refractivity (Wildman–Crippen MR) is 126 cm³/mol. The summed E-state index contributed by atoms with van der Waals surface area (Å²) < 4.78 is 1.84. The zero-order chi connectivity index (χ0) is 24.5. The molecule has 0 spiro atoms. The minimum Gasteiger partial charge on any atom is -0.322 e. The van der Waals surface area contributed by atoms with Gasteiger partial charge in [0.2, 0.25) is 11.8 Å². The number of hydrogen-bond acceptors (Lipinski definition) is 6. The molecule has 2 aliphatic rings. The number of nitrogens with one attached hydrogen (secondary N) is 1. The molecule has 0 aliphatic carbocycles. The summed E-state index contributed by atoms with van der Waals surface area (Å²) in [7, 11) is 1.88. The third-order valence-corrected chi connectivity index (χ3v) is 6.61. The molecule has 2 aliphatic heterocycles. The highest BCUT2D eigenvalue weighted by Crippen LogP contribution is 2.28. The number of benzene rings is 2. The summed E-state index contributed by atoms with van der Waals surface area (Å²) in [5.41, 5.74) is 4.30. The van der Waals surface area contributed by atoms with Crippen LogP contribution in [0.25, 0.3) is 11.4 Å². The summed E-state index contributed by atoms with van der Waals surface area (Å²) in [5, 5.41) is 10.3. The van der Waals surface area contributed by atoms with Gasteiger partial charge in [0, 0.05) is 44.0 Å². The number of ketones is 1. The van der Waals surface area contributed by atoms with Gasteiger partial charge in [0.25, 0.3) is 5.91 Å². The van der Waals surface area contributed by atoms with Gasteiger partial charge in [0.1, 0.15) is 18.2 Å². The fourth-order valence-corrected chi connectivity index (χ4v) is 4.70. The number of amides is 3. The Morgan fingerprint density at radius 1 is 1.09 bits per heavy atom. The lowest BCUT2D eigenvalue weighted by atomic mass is 9.99. The molecule has 9 nitrogen and oxygen atoms in total. The van der Waals surface area contributed by atoms with Crippen LogP contribution < -0.4 is 5.32 Å². The van der Waals surface area contributed by atoms with Crippen molar-refractivity contribution in [1.29, 1.82) is 0 Å². The van der Waals surface area contributed by atoms with Gasteiger partial charge in [-0.3, -0.25) is 24.5 Å². The van der Waals surface area contributed by atoms with Crippen molar-refractivity contribution in [2.75, 3.05) is 0 Å². The smallest absolute Gasteiger partial charge is 0.255 e. The maximum atomic E-state index is 12.8. The Hall–Kier alpha value is -4.14. The van der Waals surface area contributed by atoms with E-state index in [2.05, 4.69) is 15.5 Å². The number of rotatable bonds is 7. The Morgan fingerprint density at radius 3 is 2.57 bits per heavy atom. The third-order valence-electron chi connectivity index (χ3n) is 6.61. The molecule has 1 N–H and O–H groups in total. The van der Waals surface area contributed by atoms with Crippen LogP contribution in [0.4, 0.5) is 0 Å². The van der Waals surface area contributed by atoms with Gasteiger partial charge in [-0.25, -0.2) is 0 Å². The van der Waals surface area contributed by atoms with Crippen LogP contribution in [0.15, 0.2) is 48.8 Å². The van der Waals surface area contributed by atoms with Gasteiger partial charge < -0.3 is 9.47 Å². The van der Waals surface area contributed by atoms with Gasteiger partial charge in [-0.15, -0.1) is 10.2 Å². The van der Waals surface area contributed by atoms with E-state index in [4.69, 9.17) is 0 Å². The molecule has 3 aromatic rings. The molecule has 1 saturated heterocycles. The third kappa shape index (κ3) is 4.62. The zero-order valence-electron chi connectivity index (χ0n) is 19.4. The molecule has 5 rings (SSSR count). The number of Topliss-reactive ketones (excluding diaryl/α,β-unsaturated/α-hetero) is 1. The number of carbonyl (C=O) groups is 4. The van der Waals surface area contributed by atoms with Gasteiger partial charge in [0.15, 0.2) is 5.82 Å². The summed E-state index contributed by atoms with van der Waals surface area (Å²) in [5.74, 6) is -0.00393. The largest absolute Gasteiger partial charge is 0.322 e. The van der Waals surface area contributed by atoms with Crippen molar-refractivity contribution < 1.29 is 19.2 Å². The number of fused-ring (bicyclic) bond motifs is 1. The molecule has 1 aromatic heterocycles. The van der Waals surface area contributed by atoms with E-state index in [0.29, 0.717) is 37.8 Å². The lowest BCUT2D eigenvalue weighted by Gasteiger charge is -2.29. The van der Waals surface area contributed by atoms with Gasteiger partial charge in [-0.2, -0.15) is 0 Å². The van der Waals surface area contributed by atoms with Crippen LogP contribution in [0.1, 0.15) is 46.3 Å². The maximum Gasteiger partial charge on any atom is 0.255 e. The van der Waals surface area contributed by atoms with Crippen molar-refractivity contribution in [2.45, 2.75) is 44.7 Å². The highest BCUT2D eigenvalue weighted by molar-refractivity contribution is 6.05. The molecule has 9 heteroatoms. The number of aryl methyl sites for hydroxylation is 2. The van der Waals surface area contributed by atoms with E-state index in [1.807, 2.05) is 48.0 Å². The quantitative estimate of drug-likeness (QED) is 0.527. The Labute approximate surface area is 202 Å². The van der Waals surface area contributed by atoms with Crippen LogP contribution >= 0.6 is 0 Å². The summed E-state index contributed by atoms with van der Waals surface area (Å²) in [6, 6.07) is 12.7. The second kappa shape index (κ2) is 9.25. The van der Waals surface area contributed by atoms with Gasteiger partial charge in [0.05, 0.1) is 0 Å². The average Bonchev–Trinajstić information content (AvgIpc) is 3.41. The van der Waals surface area contributed by atoms with Gasteiger partial charge in [-0.1, -0.05) is 36.4 Å². The fourth-order valence-electron chi connectivity index (χ4n) is 4.70. The molecule has 2 aromatic carbocycles. The number of carbonyl (C=O) groups excluding carboxylic acids is 4. The van der Waals surface area contributed by atoms with Crippen molar-refractivity contribution in [3.63, 3.8) is 0 Å². The molecule has 0 saturated carbocycles. The molecule has 1 unspecified atom stereocenters. The summed E-state index contributed by atoms with van der Waals surface area (Å²) in [4.78, 5) is 50.6. The monoisotopic (exact) mass is 471 g/mol. The van der Waals surface area contributed by atoms with Crippen LogP contribution in [0.2, 0.25) is 0 Å². The summed E-state index contributed by atoms with van der Waals surface area (Å²) >= 11 is 0. The van der Waals surface area contributed by atoms with Crippen LogP contribution in [0.3, 0.4) is 0 Å². The van der Waals surface area contributed by atoms with Gasteiger partial charge >= 0.3 is 0 Å². The topological polar surface area (TPSA) is 114 Å². The molecule has 178 valence electrons. The van der Waals surface area contributed by atoms with Gasteiger partial charge in [-0.05, 0) is 35.6 Å². The molecule has 0 bridgehead atoms. The van der Waals surface area contributed by atoms with Crippen molar-refractivity contribution in [3.8, 4) is 11.4 Å². The molecule has 1 fully saturated rings. The van der Waals surface area contributed by atoms with Crippen molar-refractivity contribution in [2.24, 2.45) is 7.05 Å². The Morgan fingerprint density at radius 2 is 1.86 bits per heavy atom. The zero-order valence-corrected chi connectivity index (χ0v) is 19.4. The summed E-state index contributed by atoms with van der Waals surface area (Å²) in [6.45, 7) is 0.333. The highest BCUT2D eigenvalue weighted by atomic mass is 16.2. The number of imide groups is 1. The lowest BCUT2D eigenvalue weighted by molar-refractivity contribution is -0.137. The van der Waals surface area contributed by atoms with Crippen LogP contribution in [-0.2, 0) is 40.8 Å². The average molecular weight is 472 g/mol. The predicted octanol–water partition coefficient (Wildman–Crippen LogP) is 1.99. The first-order valence-corrected chi connectivity index (χ1v) is 11.6. The molecule has 3 amide bonds. The Kier molecular flexibility index (Phi) is 5.98. The second-order valence-corrected chi connectivity index (χ2v) is 9.07. The highest BCUT2D eigenvalue weighted by Gasteiger charge is 2.39. The van der Waals surface area contributed by atoms with E-state index in [9.17, 15) is 19.2 Å². The molecular formula is C26H25N5O4.